The summed E-state index contributed by atoms with van der Waals surface area (Å²) in [6, 6.07) is 15.8. The Kier molecular flexibility index (Phi) is 4.24. The number of carbonyl (C=O) groups excluding carboxylic acids is 3. The molecule has 0 N–H and O–H groups in total. The van der Waals surface area contributed by atoms with Gasteiger partial charge < -0.3 is 4.74 Å². The zero-order valence-electron chi connectivity index (χ0n) is 13.1. The van der Waals surface area contributed by atoms with Gasteiger partial charge in [0.2, 0.25) is 5.78 Å². The molecule has 24 heavy (non-hydrogen) atoms. The Morgan fingerprint density at radius 2 is 1.58 bits per heavy atom. The SMILES string of the molecule is CN(C(=O)OCc1ccccc1)C1=CC(=O)c2ccccc2C1=O. The highest BCUT2D eigenvalue weighted by atomic mass is 16.6. The fraction of sp³-hybridized carbons (Fsp3) is 0.105. The van der Waals surface area contributed by atoms with Crippen LogP contribution in [0, 0.1) is 0 Å². The van der Waals surface area contributed by atoms with Crippen LogP contribution in [0.5, 0.6) is 0 Å². The lowest BCUT2D eigenvalue weighted by molar-refractivity contribution is 0.0907. The average molecular weight is 321 g/mol. The van der Waals surface area contributed by atoms with Gasteiger partial charge in [-0.2, -0.15) is 0 Å². The molecule has 0 heterocycles. The molecule has 0 spiro atoms. The first-order chi connectivity index (χ1) is 11.6. The van der Waals surface area contributed by atoms with Crippen LogP contribution in [-0.2, 0) is 11.3 Å². The summed E-state index contributed by atoms with van der Waals surface area (Å²) in [6.45, 7) is 0.0933. The number of hydrogen-bond donors (Lipinski definition) is 0. The Morgan fingerprint density at radius 1 is 0.958 bits per heavy atom. The number of hydrogen-bond acceptors (Lipinski definition) is 4. The minimum Gasteiger partial charge on any atom is -0.444 e. The third-order valence-electron chi connectivity index (χ3n) is 3.78. The zero-order chi connectivity index (χ0) is 17.1. The van der Waals surface area contributed by atoms with Crippen molar-refractivity contribution in [3.05, 3.63) is 83.1 Å². The molecule has 0 saturated heterocycles. The van der Waals surface area contributed by atoms with Gasteiger partial charge in [-0.3, -0.25) is 14.5 Å². The Bertz CT molecular complexity index is 839. The zero-order valence-corrected chi connectivity index (χ0v) is 13.1. The van der Waals surface area contributed by atoms with Crippen LogP contribution < -0.4 is 0 Å². The first-order valence-corrected chi connectivity index (χ1v) is 7.42. The lowest BCUT2D eigenvalue weighted by Crippen LogP contribution is -2.33. The Labute approximate surface area is 139 Å². The highest BCUT2D eigenvalue weighted by Crippen LogP contribution is 2.23. The predicted molar refractivity (Wildman–Crippen MR) is 87.6 cm³/mol. The van der Waals surface area contributed by atoms with Gasteiger partial charge in [-0.25, -0.2) is 4.79 Å². The second kappa shape index (κ2) is 6.50. The molecule has 0 unspecified atom stereocenters. The number of allylic oxidation sites excluding steroid dienone is 2. The van der Waals surface area contributed by atoms with Gasteiger partial charge in [-0.15, -0.1) is 0 Å². The number of likely N-dealkylation sites (N-methyl/N-ethyl adjacent to an activating group) is 1. The monoisotopic (exact) mass is 321 g/mol. The molecule has 0 radical (unpaired) electrons. The molecule has 0 atom stereocenters. The van der Waals surface area contributed by atoms with E-state index in [2.05, 4.69) is 0 Å². The fourth-order valence-electron chi connectivity index (χ4n) is 2.47. The highest BCUT2D eigenvalue weighted by Gasteiger charge is 2.30. The van der Waals surface area contributed by atoms with Gasteiger partial charge in [0.1, 0.15) is 6.61 Å². The standard InChI is InChI=1S/C19H15NO4/c1-20(19(23)24-12-13-7-3-2-4-8-13)16-11-17(21)14-9-5-6-10-15(14)18(16)22/h2-11H,12H2,1H3. The van der Waals surface area contributed by atoms with E-state index in [9.17, 15) is 14.4 Å². The second-order valence-corrected chi connectivity index (χ2v) is 5.37. The van der Waals surface area contributed by atoms with Gasteiger partial charge in [-0.05, 0) is 5.56 Å². The van der Waals surface area contributed by atoms with Crippen molar-refractivity contribution in [2.75, 3.05) is 7.05 Å². The van der Waals surface area contributed by atoms with E-state index in [1.165, 1.54) is 13.1 Å². The molecule has 3 rings (SSSR count). The number of Topliss-reactive ketones (excluding diaryl/α,β-unsaturated/α-hetero) is 1. The molecule has 0 aromatic heterocycles. The topological polar surface area (TPSA) is 63.7 Å². The number of ketones is 2. The molecule has 0 bridgehead atoms. The number of nitrogens with zero attached hydrogens (tertiary/aromatic N) is 1. The number of rotatable bonds is 3. The van der Waals surface area contributed by atoms with Crippen LogP contribution in [0.4, 0.5) is 4.79 Å². The number of fused-ring (bicyclic) bond motifs is 1. The number of benzene rings is 2. The Morgan fingerprint density at radius 3 is 2.29 bits per heavy atom. The van der Waals surface area contributed by atoms with E-state index in [4.69, 9.17) is 4.74 Å². The minimum absolute atomic E-state index is 0.0109. The molecular weight excluding hydrogens is 306 g/mol. The maximum Gasteiger partial charge on any atom is 0.414 e. The summed E-state index contributed by atoms with van der Waals surface area (Å²) in [6.07, 6.45) is 0.486. The van der Waals surface area contributed by atoms with Crippen LogP contribution in [0.15, 0.2) is 66.4 Å². The van der Waals surface area contributed by atoms with E-state index in [0.29, 0.717) is 11.1 Å². The van der Waals surface area contributed by atoms with Gasteiger partial charge >= 0.3 is 6.09 Å². The summed E-state index contributed by atoms with van der Waals surface area (Å²) in [7, 11) is 1.41. The minimum atomic E-state index is -0.689. The highest BCUT2D eigenvalue weighted by molar-refractivity contribution is 6.24. The summed E-state index contributed by atoms with van der Waals surface area (Å²) in [5.41, 5.74) is 1.49. The maximum absolute atomic E-state index is 12.5. The van der Waals surface area contributed by atoms with E-state index < -0.39 is 6.09 Å². The third-order valence-corrected chi connectivity index (χ3v) is 3.78. The van der Waals surface area contributed by atoms with Crippen molar-refractivity contribution in [3.8, 4) is 0 Å². The van der Waals surface area contributed by atoms with Gasteiger partial charge in [-0.1, -0.05) is 54.6 Å². The molecule has 2 aromatic rings. The fourth-order valence-corrected chi connectivity index (χ4v) is 2.47. The molecule has 120 valence electrons. The first kappa shape index (κ1) is 15.7. The summed E-state index contributed by atoms with van der Waals surface area (Å²) in [5, 5.41) is 0. The second-order valence-electron chi connectivity index (χ2n) is 5.37. The molecular formula is C19H15NO4. The summed E-state index contributed by atoms with van der Waals surface area (Å²) >= 11 is 0. The largest absolute Gasteiger partial charge is 0.444 e. The lowest BCUT2D eigenvalue weighted by Gasteiger charge is -2.22. The van der Waals surface area contributed by atoms with Crippen LogP contribution in [0.25, 0.3) is 0 Å². The van der Waals surface area contributed by atoms with E-state index in [1.807, 2.05) is 30.3 Å². The van der Waals surface area contributed by atoms with Crippen LogP contribution in [0.2, 0.25) is 0 Å². The first-order valence-electron chi connectivity index (χ1n) is 7.42. The van der Waals surface area contributed by atoms with E-state index in [-0.39, 0.29) is 23.9 Å². The van der Waals surface area contributed by atoms with Gasteiger partial charge in [0.25, 0.3) is 0 Å². The van der Waals surface area contributed by atoms with Crippen LogP contribution in [-0.4, -0.2) is 29.6 Å². The molecule has 0 saturated carbocycles. The van der Waals surface area contributed by atoms with Crippen molar-refractivity contribution in [3.63, 3.8) is 0 Å². The predicted octanol–water partition coefficient (Wildman–Crippen LogP) is 3.22. The van der Waals surface area contributed by atoms with Gasteiger partial charge in [0.15, 0.2) is 5.78 Å². The van der Waals surface area contributed by atoms with Crippen LogP contribution >= 0.6 is 0 Å². The molecule has 0 aliphatic heterocycles. The van der Waals surface area contributed by atoms with E-state index >= 15 is 0 Å². The van der Waals surface area contributed by atoms with Gasteiger partial charge in [0.05, 0.1) is 5.70 Å². The normalized spacial score (nSPS) is 13.1. The van der Waals surface area contributed by atoms with Crippen molar-refractivity contribution in [2.45, 2.75) is 6.61 Å². The lowest BCUT2D eigenvalue weighted by atomic mass is 9.92. The van der Waals surface area contributed by atoms with Crippen LogP contribution in [0.1, 0.15) is 26.3 Å². The maximum atomic E-state index is 12.5. The van der Waals surface area contributed by atoms with Crippen molar-refractivity contribution in [1.82, 2.24) is 4.90 Å². The Hall–Kier alpha value is -3.21. The third kappa shape index (κ3) is 2.96. The quantitative estimate of drug-likeness (QED) is 0.871. The van der Waals surface area contributed by atoms with Crippen molar-refractivity contribution in [1.29, 1.82) is 0 Å². The molecule has 2 aromatic carbocycles. The smallest absolute Gasteiger partial charge is 0.414 e. The van der Waals surface area contributed by atoms with Crippen molar-refractivity contribution in [2.24, 2.45) is 0 Å². The Balaban J connectivity index is 1.75. The number of ether oxygens (including phenoxy) is 1. The molecule has 1 aliphatic rings. The van der Waals surface area contributed by atoms with E-state index in [0.717, 1.165) is 10.5 Å². The van der Waals surface area contributed by atoms with Crippen LogP contribution in [0.3, 0.4) is 0 Å². The average Bonchev–Trinajstić information content (AvgIpc) is 2.63. The molecule has 1 aliphatic carbocycles. The van der Waals surface area contributed by atoms with Crippen molar-refractivity contribution < 1.29 is 19.1 Å². The summed E-state index contributed by atoms with van der Waals surface area (Å²) < 4.78 is 5.20. The molecule has 5 nitrogen and oxygen atoms in total. The number of amides is 1. The summed E-state index contributed by atoms with van der Waals surface area (Å²) in [5.74, 6) is -0.674. The molecule has 1 amide bonds. The molecule has 5 heteroatoms. The summed E-state index contributed by atoms with van der Waals surface area (Å²) in [4.78, 5) is 37.9. The molecule has 0 fully saturated rings. The van der Waals surface area contributed by atoms with Gasteiger partial charge in [0, 0.05) is 24.3 Å². The van der Waals surface area contributed by atoms with Crippen molar-refractivity contribution >= 4 is 17.7 Å². The van der Waals surface area contributed by atoms with E-state index in [1.54, 1.807) is 24.3 Å². The number of carbonyl (C=O) groups is 3.